The lowest BCUT2D eigenvalue weighted by Gasteiger charge is -2.13. The molecule has 1 N–H and O–H groups in total. The molecule has 9 heteroatoms. The lowest BCUT2D eigenvalue weighted by atomic mass is 10.1. The van der Waals surface area contributed by atoms with Crippen LogP contribution >= 0.6 is 11.3 Å². The Hall–Kier alpha value is -3.07. The Morgan fingerprint density at radius 2 is 1.97 bits per heavy atom. The van der Waals surface area contributed by atoms with Gasteiger partial charge in [-0.1, -0.05) is 12.1 Å². The van der Waals surface area contributed by atoms with Crippen LogP contribution < -0.4 is 14.8 Å². The van der Waals surface area contributed by atoms with Gasteiger partial charge in [-0.15, -0.1) is 11.3 Å². The van der Waals surface area contributed by atoms with Crippen molar-refractivity contribution in [1.29, 1.82) is 0 Å². The summed E-state index contributed by atoms with van der Waals surface area (Å²) >= 11 is 1.32. The number of methoxy groups -OCH3 is 1. The highest BCUT2D eigenvalue weighted by atomic mass is 32.1. The highest BCUT2D eigenvalue weighted by Gasteiger charge is 2.30. The minimum atomic E-state index is -4.41. The Balaban J connectivity index is 1.76. The summed E-state index contributed by atoms with van der Waals surface area (Å²) in [5.74, 6) is 0.557. The average Bonchev–Trinajstić information content (AvgIpc) is 3.22. The van der Waals surface area contributed by atoms with Crippen molar-refractivity contribution >= 4 is 17.2 Å². The van der Waals surface area contributed by atoms with Crippen LogP contribution in [0.2, 0.25) is 0 Å². The summed E-state index contributed by atoms with van der Waals surface area (Å²) in [5, 5.41) is 5.00. The third kappa shape index (κ3) is 5.10. The number of carbonyl (C=O) groups is 1. The van der Waals surface area contributed by atoms with Gasteiger partial charge < -0.3 is 14.8 Å². The molecular formula is C21H19F3N2O3S. The molecule has 0 spiro atoms. The number of amides is 1. The molecule has 0 radical (unpaired) electrons. The van der Waals surface area contributed by atoms with Gasteiger partial charge in [0.2, 0.25) is 0 Å². The Morgan fingerprint density at radius 3 is 2.67 bits per heavy atom. The van der Waals surface area contributed by atoms with Gasteiger partial charge in [-0.25, -0.2) is 4.98 Å². The Bertz CT molecular complexity index is 1030. The summed E-state index contributed by atoms with van der Waals surface area (Å²) in [5.41, 5.74) is 0.736. The Kier molecular flexibility index (Phi) is 6.61. The number of benzene rings is 2. The van der Waals surface area contributed by atoms with E-state index in [-0.39, 0.29) is 12.5 Å². The number of nitrogens with one attached hydrogen (secondary N) is 1. The van der Waals surface area contributed by atoms with Crippen molar-refractivity contribution in [3.8, 4) is 22.1 Å². The highest BCUT2D eigenvalue weighted by molar-refractivity contribution is 7.13. The second kappa shape index (κ2) is 9.17. The minimum absolute atomic E-state index is 0.0434. The smallest absolute Gasteiger partial charge is 0.416 e. The van der Waals surface area contributed by atoms with Crippen LogP contribution in [0.3, 0.4) is 0 Å². The van der Waals surface area contributed by atoms with Crippen LogP contribution in [0, 0.1) is 0 Å². The number of carbonyl (C=O) groups excluding carboxylic acids is 1. The van der Waals surface area contributed by atoms with Gasteiger partial charge in [0.05, 0.1) is 12.7 Å². The van der Waals surface area contributed by atoms with E-state index in [0.29, 0.717) is 34.3 Å². The number of hydrogen-bond acceptors (Lipinski definition) is 5. The molecule has 0 bridgehead atoms. The largest absolute Gasteiger partial charge is 0.493 e. The molecule has 3 rings (SSSR count). The molecule has 1 aromatic heterocycles. The van der Waals surface area contributed by atoms with E-state index in [4.69, 9.17) is 9.47 Å². The monoisotopic (exact) mass is 436 g/mol. The topological polar surface area (TPSA) is 60.5 Å². The fourth-order valence-electron chi connectivity index (χ4n) is 2.68. The predicted molar refractivity (Wildman–Crippen MR) is 108 cm³/mol. The molecule has 2 aromatic carbocycles. The van der Waals surface area contributed by atoms with Crippen molar-refractivity contribution in [2.45, 2.75) is 19.7 Å². The number of hydrogen-bond donors (Lipinski definition) is 1. The third-order valence-corrected chi connectivity index (χ3v) is 5.02. The lowest BCUT2D eigenvalue weighted by molar-refractivity contribution is -0.137. The number of halogens is 3. The summed E-state index contributed by atoms with van der Waals surface area (Å²) in [4.78, 5) is 16.2. The van der Waals surface area contributed by atoms with E-state index in [1.807, 2.05) is 6.92 Å². The minimum Gasteiger partial charge on any atom is -0.493 e. The second-order valence-electron chi connectivity index (χ2n) is 6.25. The van der Waals surface area contributed by atoms with Gasteiger partial charge in [-0.2, -0.15) is 13.2 Å². The zero-order valence-corrected chi connectivity index (χ0v) is 17.1. The Labute approximate surface area is 175 Å². The van der Waals surface area contributed by atoms with Crippen molar-refractivity contribution in [1.82, 2.24) is 10.3 Å². The van der Waals surface area contributed by atoms with Gasteiger partial charge in [-0.3, -0.25) is 4.79 Å². The fraction of sp³-hybridized carbons (Fsp3) is 0.238. The van der Waals surface area contributed by atoms with Crippen LogP contribution in [0.4, 0.5) is 13.2 Å². The van der Waals surface area contributed by atoms with Crippen molar-refractivity contribution in [2.24, 2.45) is 0 Å². The van der Waals surface area contributed by atoms with Gasteiger partial charge in [0.15, 0.2) is 11.5 Å². The number of ether oxygens (including phenoxy) is 2. The van der Waals surface area contributed by atoms with E-state index < -0.39 is 11.7 Å². The number of nitrogens with zero attached hydrogens (tertiary/aromatic N) is 1. The standard InChI is InChI=1S/C21H19F3N2O3S/c1-3-25-19(27)16-12-30-20(26-16)14-7-8-17(18(10-14)28-2)29-11-13-5-4-6-15(9-13)21(22,23)24/h4-10,12H,3,11H2,1-2H3,(H,25,27). The van der Waals surface area contributed by atoms with Gasteiger partial charge in [0, 0.05) is 17.5 Å². The van der Waals surface area contributed by atoms with Gasteiger partial charge >= 0.3 is 6.18 Å². The van der Waals surface area contributed by atoms with Crippen molar-refractivity contribution in [2.75, 3.05) is 13.7 Å². The van der Waals surface area contributed by atoms with E-state index in [2.05, 4.69) is 10.3 Å². The first kappa shape index (κ1) is 21.6. The molecule has 0 fully saturated rings. The maximum Gasteiger partial charge on any atom is 0.416 e. The molecule has 1 amide bonds. The number of thiazole rings is 1. The first-order valence-electron chi connectivity index (χ1n) is 9.03. The van der Waals surface area contributed by atoms with Crippen LogP contribution in [0.5, 0.6) is 11.5 Å². The summed E-state index contributed by atoms with van der Waals surface area (Å²) in [6.07, 6.45) is -4.41. The number of rotatable bonds is 7. The van der Waals surface area contributed by atoms with E-state index in [1.54, 1.807) is 29.6 Å². The second-order valence-corrected chi connectivity index (χ2v) is 7.11. The zero-order chi connectivity index (χ0) is 21.7. The fourth-order valence-corrected chi connectivity index (χ4v) is 3.48. The van der Waals surface area contributed by atoms with Crippen LogP contribution in [0.25, 0.3) is 10.6 Å². The van der Waals surface area contributed by atoms with Crippen LogP contribution in [-0.4, -0.2) is 24.5 Å². The maximum absolute atomic E-state index is 12.9. The van der Waals surface area contributed by atoms with E-state index in [9.17, 15) is 18.0 Å². The molecule has 1 heterocycles. The molecule has 5 nitrogen and oxygen atoms in total. The first-order chi connectivity index (χ1) is 14.3. The summed E-state index contributed by atoms with van der Waals surface area (Å²) < 4.78 is 49.6. The molecule has 0 aliphatic rings. The Morgan fingerprint density at radius 1 is 1.17 bits per heavy atom. The zero-order valence-electron chi connectivity index (χ0n) is 16.2. The maximum atomic E-state index is 12.9. The van der Waals surface area contributed by atoms with Crippen molar-refractivity contribution in [3.63, 3.8) is 0 Å². The number of alkyl halides is 3. The summed E-state index contributed by atoms with van der Waals surface area (Å²) in [6, 6.07) is 10.1. The molecule has 0 atom stereocenters. The van der Waals surface area contributed by atoms with Crippen LogP contribution in [-0.2, 0) is 12.8 Å². The number of aromatic nitrogens is 1. The quantitative estimate of drug-likeness (QED) is 0.555. The van der Waals surface area contributed by atoms with Crippen LogP contribution in [0.1, 0.15) is 28.5 Å². The summed E-state index contributed by atoms with van der Waals surface area (Å²) in [7, 11) is 1.47. The molecule has 3 aromatic rings. The molecule has 158 valence electrons. The molecule has 30 heavy (non-hydrogen) atoms. The van der Waals surface area contributed by atoms with Crippen molar-refractivity contribution < 1.29 is 27.4 Å². The first-order valence-corrected chi connectivity index (χ1v) is 9.91. The summed E-state index contributed by atoms with van der Waals surface area (Å²) in [6.45, 7) is 2.30. The van der Waals surface area contributed by atoms with Gasteiger partial charge in [0.25, 0.3) is 5.91 Å². The molecular weight excluding hydrogens is 417 g/mol. The van der Waals surface area contributed by atoms with E-state index in [0.717, 1.165) is 17.7 Å². The molecule has 0 saturated heterocycles. The molecule has 0 aliphatic heterocycles. The van der Waals surface area contributed by atoms with E-state index in [1.165, 1.54) is 24.5 Å². The average molecular weight is 436 g/mol. The van der Waals surface area contributed by atoms with Crippen molar-refractivity contribution in [3.05, 3.63) is 64.7 Å². The normalized spacial score (nSPS) is 11.2. The van der Waals surface area contributed by atoms with E-state index >= 15 is 0 Å². The molecule has 0 aliphatic carbocycles. The third-order valence-electron chi connectivity index (χ3n) is 4.13. The molecule has 0 saturated carbocycles. The predicted octanol–water partition coefficient (Wildman–Crippen LogP) is 5.17. The molecule has 0 unspecified atom stereocenters. The van der Waals surface area contributed by atoms with Gasteiger partial charge in [-0.05, 0) is 42.8 Å². The SMILES string of the molecule is CCNC(=O)c1csc(-c2ccc(OCc3cccc(C(F)(F)F)c3)c(OC)c2)n1. The highest BCUT2D eigenvalue weighted by Crippen LogP contribution is 2.35. The van der Waals surface area contributed by atoms with Crippen LogP contribution in [0.15, 0.2) is 47.8 Å². The van der Waals surface area contributed by atoms with Gasteiger partial charge in [0.1, 0.15) is 17.3 Å². The lowest BCUT2D eigenvalue weighted by Crippen LogP contribution is -2.22.